The van der Waals surface area contributed by atoms with Crippen molar-refractivity contribution in [1.82, 2.24) is 0 Å². The maximum atomic E-state index is 14.0. The molecule has 0 heterocycles. The van der Waals surface area contributed by atoms with Gasteiger partial charge in [0.25, 0.3) is 0 Å². The molecule has 0 bridgehead atoms. The van der Waals surface area contributed by atoms with Crippen LogP contribution < -0.4 is 9.03 Å². The van der Waals surface area contributed by atoms with Gasteiger partial charge in [-0.2, -0.15) is 3.71 Å². The van der Waals surface area contributed by atoms with Gasteiger partial charge < -0.3 is 4.74 Å². The average molecular weight is 461 g/mol. The minimum Gasteiger partial charge on any atom is -0.450 e. The molecule has 0 spiro atoms. The van der Waals surface area contributed by atoms with Crippen molar-refractivity contribution in [1.29, 1.82) is 0 Å². The molecule has 142 valence electrons. The van der Waals surface area contributed by atoms with Crippen LogP contribution >= 0.6 is 15.9 Å². The molecule has 0 aromatic heterocycles. The van der Waals surface area contributed by atoms with Gasteiger partial charge in [-0.3, -0.25) is 5.32 Å². The van der Waals surface area contributed by atoms with E-state index in [9.17, 15) is 26.0 Å². The van der Waals surface area contributed by atoms with Gasteiger partial charge in [-0.05, 0) is 48.8 Å². The zero-order chi connectivity index (χ0) is 19.4. The first kappa shape index (κ1) is 21.6. The number of anilines is 2. The molecule has 25 heavy (non-hydrogen) atoms. The number of sulfonamides is 2. The molecule has 0 unspecified atom stereocenters. The third-order valence-electron chi connectivity index (χ3n) is 2.98. The molecule has 12 heteroatoms. The average Bonchev–Trinajstić information content (AvgIpc) is 2.51. The third kappa shape index (κ3) is 5.05. The van der Waals surface area contributed by atoms with E-state index in [1.807, 2.05) is 0 Å². The molecule has 0 aliphatic heterocycles. The molecule has 0 fully saturated rings. The largest absolute Gasteiger partial charge is 0.450 e. The summed E-state index contributed by atoms with van der Waals surface area (Å²) in [5.74, 6) is -1.88. The zero-order valence-corrected chi connectivity index (χ0v) is 17.0. The van der Waals surface area contributed by atoms with E-state index in [2.05, 4.69) is 26.0 Å². The van der Waals surface area contributed by atoms with Gasteiger partial charge >= 0.3 is 6.09 Å². The van der Waals surface area contributed by atoms with Crippen molar-refractivity contribution in [2.24, 2.45) is 0 Å². The van der Waals surface area contributed by atoms with Crippen LogP contribution in [0.3, 0.4) is 0 Å². The standard InChI is InChI=1S/C13H18BrFN2O6S2/c1-4-23-13(18)16-11-8-12(9(14)7-10(11)15)17(24(19,20)5-2)25(21,22)6-3/h7-8H,4-6H2,1-3H3,(H,16,18). The second-order valence-electron chi connectivity index (χ2n) is 4.63. The van der Waals surface area contributed by atoms with Crippen LogP contribution in [0.25, 0.3) is 0 Å². The van der Waals surface area contributed by atoms with Gasteiger partial charge in [0.1, 0.15) is 5.82 Å². The highest BCUT2D eigenvalue weighted by Gasteiger charge is 2.34. The topological polar surface area (TPSA) is 110 Å². The summed E-state index contributed by atoms with van der Waals surface area (Å²) in [7, 11) is -8.45. The molecule has 0 saturated heterocycles. The number of nitrogens with zero attached hydrogens (tertiary/aromatic N) is 1. The number of nitrogens with one attached hydrogen (secondary N) is 1. The van der Waals surface area contributed by atoms with Crippen molar-refractivity contribution in [3.05, 3.63) is 22.4 Å². The Morgan fingerprint density at radius 3 is 2.12 bits per heavy atom. The fourth-order valence-corrected chi connectivity index (χ4v) is 5.87. The van der Waals surface area contributed by atoms with Crippen LogP contribution in [0.5, 0.6) is 0 Å². The summed E-state index contributed by atoms with van der Waals surface area (Å²) in [4.78, 5) is 11.5. The smallest absolute Gasteiger partial charge is 0.411 e. The summed E-state index contributed by atoms with van der Waals surface area (Å²) in [5.41, 5.74) is -0.754. The first-order valence-corrected chi connectivity index (χ1v) is 11.2. The summed E-state index contributed by atoms with van der Waals surface area (Å²) in [6, 6.07) is 1.77. The minimum absolute atomic E-state index is 0.0391. The quantitative estimate of drug-likeness (QED) is 0.669. The summed E-state index contributed by atoms with van der Waals surface area (Å²) in [6.07, 6.45) is -0.960. The van der Waals surface area contributed by atoms with Gasteiger partial charge in [-0.25, -0.2) is 26.0 Å². The number of hydrogen-bond donors (Lipinski definition) is 1. The SMILES string of the molecule is CCOC(=O)Nc1cc(N(S(=O)(=O)CC)S(=O)(=O)CC)c(Br)cc1F. The van der Waals surface area contributed by atoms with Crippen LogP contribution in [-0.2, 0) is 24.8 Å². The lowest BCUT2D eigenvalue weighted by Gasteiger charge is -2.24. The van der Waals surface area contributed by atoms with E-state index in [1.165, 1.54) is 13.8 Å². The Balaban J connectivity index is 3.58. The fourth-order valence-electron chi connectivity index (χ4n) is 1.76. The van der Waals surface area contributed by atoms with E-state index >= 15 is 0 Å². The molecular weight excluding hydrogens is 443 g/mol. The summed E-state index contributed by atoms with van der Waals surface area (Å²) < 4.78 is 68.0. The van der Waals surface area contributed by atoms with Crippen LogP contribution in [0, 0.1) is 5.82 Å². The maximum absolute atomic E-state index is 14.0. The molecule has 1 aromatic carbocycles. The Hall–Kier alpha value is -1.40. The van der Waals surface area contributed by atoms with Gasteiger partial charge in [0, 0.05) is 4.47 Å². The molecule has 0 aliphatic carbocycles. The van der Waals surface area contributed by atoms with Crippen LogP contribution in [-0.4, -0.2) is 41.0 Å². The normalized spacial score (nSPS) is 11.9. The Morgan fingerprint density at radius 2 is 1.68 bits per heavy atom. The number of carbonyl (C=O) groups excluding carboxylic acids is 1. The summed E-state index contributed by atoms with van der Waals surface area (Å²) in [5, 5.41) is 2.10. The lowest BCUT2D eigenvalue weighted by molar-refractivity contribution is 0.168. The molecule has 1 rings (SSSR count). The number of amides is 1. The highest BCUT2D eigenvalue weighted by Crippen LogP contribution is 2.35. The van der Waals surface area contributed by atoms with E-state index in [1.54, 1.807) is 6.92 Å². The van der Waals surface area contributed by atoms with Gasteiger partial charge in [0.05, 0.1) is 29.5 Å². The second kappa shape index (κ2) is 8.32. The second-order valence-corrected chi connectivity index (χ2v) is 9.93. The number of halogens is 2. The van der Waals surface area contributed by atoms with Crippen molar-refractivity contribution < 1.29 is 30.8 Å². The molecule has 8 nitrogen and oxygen atoms in total. The van der Waals surface area contributed by atoms with E-state index in [4.69, 9.17) is 0 Å². The Kier molecular flexibility index (Phi) is 7.20. The highest BCUT2D eigenvalue weighted by atomic mass is 79.9. The maximum Gasteiger partial charge on any atom is 0.411 e. The Morgan fingerprint density at radius 1 is 1.16 bits per heavy atom. The first-order chi connectivity index (χ1) is 11.5. The van der Waals surface area contributed by atoms with Crippen molar-refractivity contribution >= 4 is 53.4 Å². The van der Waals surface area contributed by atoms with Gasteiger partial charge in [0.2, 0.25) is 20.0 Å². The van der Waals surface area contributed by atoms with Crippen LogP contribution in [0.1, 0.15) is 20.8 Å². The van der Waals surface area contributed by atoms with Crippen molar-refractivity contribution in [2.45, 2.75) is 20.8 Å². The molecule has 1 N–H and O–H groups in total. The lowest BCUT2D eigenvalue weighted by atomic mass is 10.2. The predicted molar refractivity (Wildman–Crippen MR) is 96.1 cm³/mol. The summed E-state index contributed by atoms with van der Waals surface area (Å²) >= 11 is 2.97. The first-order valence-electron chi connectivity index (χ1n) is 7.18. The number of hydrogen-bond acceptors (Lipinski definition) is 6. The van der Waals surface area contributed by atoms with Gasteiger partial charge in [0.15, 0.2) is 0 Å². The molecule has 1 amide bonds. The summed E-state index contributed by atoms with van der Waals surface area (Å²) in [6.45, 7) is 4.15. The molecular formula is C13H18BrFN2O6S2. The Labute approximate surface area is 154 Å². The molecule has 1 aromatic rings. The third-order valence-corrected chi connectivity index (χ3v) is 7.84. The molecule has 0 radical (unpaired) electrons. The molecule has 0 aliphatic rings. The van der Waals surface area contributed by atoms with E-state index in [0.717, 1.165) is 12.1 Å². The highest BCUT2D eigenvalue weighted by molar-refractivity contribution is 9.10. The fraction of sp³-hybridized carbons (Fsp3) is 0.462. The van der Waals surface area contributed by atoms with E-state index in [-0.39, 0.29) is 20.5 Å². The van der Waals surface area contributed by atoms with Crippen molar-refractivity contribution in [2.75, 3.05) is 27.1 Å². The number of ether oxygens (including phenoxy) is 1. The molecule has 0 atom stereocenters. The monoisotopic (exact) mass is 460 g/mol. The van der Waals surface area contributed by atoms with Crippen LogP contribution in [0.4, 0.5) is 20.6 Å². The number of rotatable bonds is 7. The van der Waals surface area contributed by atoms with E-state index < -0.39 is 49.2 Å². The van der Waals surface area contributed by atoms with Gasteiger partial charge in [-0.15, -0.1) is 0 Å². The minimum atomic E-state index is -4.22. The zero-order valence-electron chi connectivity index (χ0n) is 13.7. The Bertz CT molecular complexity index is 824. The van der Waals surface area contributed by atoms with Crippen LogP contribution in [0.15, 0.2) is 16.6 Å². The van der Waals surface area contributed by atoms with Crippen LogP contribution in [0.2, 0.25) is 0 Å². The molecule has 0 saturated carbocycles. The lowest BCUT2D eigenvalue weighted by Crippen LogP contribution is -2.39. The van der Waals surface area contributed by atoms with Gasteiger partial charge in [-0.1, -0.05) is 0 Å². The van der Waals surface area contributed by atoms with Crippen molar-refractivity contribution in [3.63, 3.8) is 0 Å². The van der Waals surface area contributed by atoms with E-state index in [0.29, 0.717) is 0 Å². The number of benzene rings is 1. The van der Waals surface area contributed by atoms with Crippen molar-refractivity contribution in [3.8, 4) is 0 Å². The predicted octanol–water partition coefficient (Wildman–Crippen LogP) is 2.66. The number of carbonyl (C=O) groups is 1.